The number of anilines is 5. The SMILES string of the molecule is CCN1c2ccccc2N(c2ccc(-c3nc(-c4ccccc4)ns3)cc2)c2ccccc21. The molecule has 0 amide bonds. The van der Waals surface area contributed by atoms with Crippen molar-refractivity contribution in [2.24, 2.45) is 0 Å². The van der Waals surface area contributed by atoms with Crippen LogP contribution in [0.15, 0.2) is 103 Å². The van der Waals surface area contributed by atoms with E-state index >= 15 is 0 Å². The third kappa shape index (κ3) is 3.38. The smallest absolute Gasteiger partial charge is 0.173 e. The lowest BCUT2D eigenvalue weighted by Crippen LogP contribution is -2.26. The summed E-state index contributed by atoms with van der Waals surface area (Å²) in [7, 11) is 0. The minimum absolute atomic E-state index is 0.776. The molecule has 160 valence electrons. The van der Waals surface area contributed by atoms with E-state index in [4.69, 9.17) is 4.98 Å². The zero-order valence-corrected chi connectivity index (χ0v) is 19.0. The molecule has 1 aromatic heterocycles. The van der Waals surface area contributed by atoms with E-state index in [1.165, 1.54) is 34.3 Å². The van der Waals surface area contributed by atoms with Crippen LogP contribution < -0.4 is 9.80 Å². The summed E-state index contributed by atoms with van der Waals surface area (Å²) in [6.45, 7) is 3.12. The van der Waals surface area contributed by atoms with E-state index in [-0.39, 0.29) is 0 Å². The summed E-state index contributed by atoms with van der Waals surface area (Å²) in [6.07, 6.45) is 0. The Morgan fingerprint density at radius 1 is 0.636 bits per heavy atom. The van der Waals surface area contributed by atoms with E-state index in [2.05, 4.69) is 93.9 Å². The Hall–Kier alpha value is -3.96. The van der Waals surface area contributed by atoms with Crippen molar-refractivity contribution in [3.63, 3.8) is 0 Å². The molecular weight excluding hydrogens is 424 g/mol. The van der Waals surface area contributed by atoms with Crippen molar-refractivity contribution in [1.82, 2.24) is 9.36 Å². The first-order chi connectivity index (χ1) is 16.3. The molecule has 5 aromatic rings. The van der Waals surface area contributed by atoms with Gasteiger partial charge in [-0.3, -0.25) is 0 Å². The molecule has 0 saturated carbocycles. The highest BCUT2D eigenvalue weighted by molar-refractivity contribution is 7.09. The van der Waals surface area contributed by atoms with Crippen molar-refractivity contribution in [2.75, 3.05) is 16.3 Å². The molecule has 0 N–H and O–H groups in total. The molecular formula is C28H22N4S. The average Bonchev–Trinajstić information content (AvgIpc) is 3.38. The fraction of sp³-hybridized carbons (Fsp3) is 0.0714. The molecule has 0 bridgehead atoms. The lowest BCUT2D eigenvalue weighted by atomic mass is 10.1. The van der Waals surface area contributed by atoms with Gasteiger partial charge in [0, 0.05) is 23.4 Å². The molecule has 5 heteroatoms. The van der Waals surface area contributed by atoms with Gasteiger partial charge in [-0.05, 0) is 67.0 Å². The van der Waals surface area contributed by atoms with Gasteiger partial charge in [-0.15, -0.1) is 0 Å². The number of rotatable bonds is 4. The third-order valence-corrected chi connectivity index (χ3v) is 6.74. The molecule has 0 aliphatic carbocycles. The molecule has 0 fully saturated rings. The summed E-state index contributed by atoms with van der Waals surface area (Å²) >= 11 is 1.44. The topological polar surface area (TPSA) is 32.3 Å². The highest BCUT2D eigenvalue weighted by Crippen LogP contribution is 2.51. The van der Waals surface area contributed by atoms with Crippen LogP contribution in [-0.4, -0.2) is 15.9 Å². The summed E-state index contributed by atoms with van der Waals surface area (Å²) in [4.78, 5) is 9.49. The maximum atomic E-state index is 4.77. The number of benzene rings is 4. The quantitative estimate of drug-likeness (QED) is 0.282. The summed E-state index contributed by atoms with van der Waals surface area (Å²) in [5.41, 5.74) is 8.06. The van der Waals surface area contributed by atoms with Crippen LogP contribution in [0.5, 0.6) is 0 Å². The van der Waals surface area contributed by atoms with Gasteiger partial charge in [0.05, 0.1) is 22.7 Å². The van der Waals surface area contributed by atoms with Gasteiger partial charge in [0.1, 0.15) is 5.01 Å². The molecule has 1 aliphatic rings. The van der Waals surface area contributed by atoms with Crippen molar-refractivity contribution >= 4 is 40.0 Å². The fourth-order valence-corrected chi connectivity index (χ4v) is 5.13. The second-order valence-electron chi connectivity index (χ2n) is 7.89. The lowest BCUT2D eigenvalue weighted by molar-refractivity contribution is 0.999. The van der Waals surface area contributed by atoms with E-state index in [0.29, 0.717) is 0 Å². The van der Waals surface area contributed by atoms with Gasteiger partial charge in [-0.25, -0.2) is 4.98 Å². The van der Waals surface area contributed by atoms with E-state index < -0.39 is 0 Å². The maximum Gasteiger partial charge on any atom is 0.173 e. The molecule has 4 nitrogen and oxygen atoms in total. The first-order valence-corrected chi connectivity index (χ1v) is 11.9. The molecule has 1 aliphatic heterocycles. The van der Waals surface area contributed by atoms with E-state index in [1.807, 2.05) is 30.3 Å². The summed E-state index contributed by atoms with van der Waals surface area (Å²) in [5, 5.41) is 0.928. The zero-order chi connectivity index (χ0) is 22.2. The Morgan fingerprint density at radius 3 is 1.82 bits per heavy atom. The van der Waals surface area contributed by atoms with Crippen LogP contribution >= 0.6 is 11.5 Å². The normalized spacial score (nSPS) is 12.4. The third-order valence-electron chi connectivity index (χ3n) is 5.97. The van der Waals surface area contributed by atoms with Crippen molar-refractivity contribution in [1.29, 1.82) is 0 Å². The summed E-state index contributed by atoms with van der Waals surface area (Å²) in [5.74, 6) is 0.776. The Kier molecular flexibility index (Phi) is 4.89. The van der Waals surface area contributed by atoms with E-state index in [9.17, 15) is 0 Å². The monoisotopic (exact) mass is 446 g/mol. The minimum atomic E-state index is 0.776. The van der Waals surface area contributed by atoms with Crippen molar-refractivity contribution < 1.29 is 0 Å². The summed E-state index contributed by atoms with van der Waals surface area (Å²) in [6, 6.07) is 36.0. The Morgan fingerprint density at radius 2 is 1.21 bits per heavy atom. The van der Waals surface area contributed by atoms with Crippen molar-refractivity contribution in [3.8, 4) is 22.0 Å². The molecule has 0 unspecified atom stereocenters. The lowest BCUT2D eigenvalue weighted by Gasteiger charge is -2.39. The molecule has 6 rings (SSSR count). The van der Waals surface area contributed by atoms with E-state index in [1.54, 1.807) is 0 Å². The average molecular weight is 447 g/mol. The molecule has 2 heterocycles. The number of hydrogen-bond acceptors (Lipinski definition) is 5. The first-order valence-electron chi connectivity index (χ1n) is 11.1. The van der Waals surface area contributed by atoms with Crippen LogP contribution in [0.3, 0.4) is 0 Å². The fourth-order valence-electron chi connectivity index (χ4n) is 4.44. The van der Waals surface area contributed by atoms with Gasteiger partial charge in [0.15, 0.2) is 5.82 Å². The van der Waals surface area contributed by atoms with Gasteiger partial charge in [-0.1, -0.05) is 54.6 Å². The number of para-hydroxylation sites is 4. The van der Waals surface area contributed by atoms with Gasteiger partial charge >= 0.3 is 0 Å². The highest BCUT2D eigenvalue weighted by Gasteiger charge is 2.28. The van der Waals surface area contributed by atoms with Gasteiger partial charge in [-0.2, -0.15) is 4.37 Å². The molecule has 33 heavy (non-hydrogen) atoms. The Labute approximate surface area is 197 Å². The van der Waals surface area contributed by atoms with Crippen LogP contribution in [0.25, 0.3) is 22.0 Å². The van der Waals surface area contributed by atoms with Crippen molar-refractivity contribution in [3.05, 3.63) is 103 Å². The molecule has 0 radical (unpaired) electrons. The summed E-state index contributed by atoms with van der Waals surface area (Å²) < 4.78 is 4.57. The van der Waals surface area contributed by atoms with Gasteiger partial charge in [0.2, 0.25) is 0 Å². The predicted octanol–water partition coefficient (Wildman–Crippen LogP) is 7.81. The van der Waals surface area contributed by atoms with Crippen LogP contribution in [0.1, 0.15) is 6.92 Å². The van der Waals surface area contributed by atoms with Gasteiger partial charge in [0.25, 0.3) is 0 Å². The van der Waals surface area contributed by atoms with Crippen LogP contribution in [0.2, 0.25) is 0 Å². The van der Waals surface area contributed by atoms with Crippen molar-refractivity contribution in [2.45, 2.75) is 6.92 Å². The van der Waals surface area contributed by atoms with Crippen LogP contribution in [0.4, 0.5) is 28.4 Å². The number of nitrogens with zero attached hydrogens (tertiary/aromatic N) is 4. The first kappa shape index (κ1) is 19.7. The second-order valence-corrected chi connectivity index (χ2v) is 8.64. The molecule has 0 spiro atoms. The second kappa shape index (κ2) is 8.19. The highest BCUT2D eigenvalue weighted by atomic mass is 32.1. The number of aromatic nitrogens is 2. The maximum absolute atomic E-state index is 4.77. The molecule has 4 aromatic carbocycles. The zero-order valence-electron chi connectivity index (χ0n) is 18.2. The van der Waals surface area contributed by atoms with Crippen LogP contribution in [-0.2, 0) is 0 Å². The number of fused-ring (bicyclic) bond motifs is 2. The Balaban J connectivity index is 1.39. The molecule has 0 saturated heterocycles. The minimum Gasteiger partial charge on any atom is -0.338 e. The standard InChI is InChI=1S/C28H22N4S/c1-2-31-23-12-6-8-14-25(23)32(26-15-9-7-13-24(26)31)22-18-16-21(17-19-22)28-29-27(30-33-28)20-10-4-3-5-11-20/h3-19H,2H2,1H3. The largest absolute Gasteiger partial charge is 0.338 e. The predicted molar refractivity (Wildman–Crippen MR) is 138 cm³/mol. The Bertz CT molecular complexity index is 1360. The van der Waals surface area contributed by atoms with Gasteiger partial charge < -0.3 is 9.80 Å². The van der Waals surface area contributed by atoms with Crippen LogP contribution in [0, 0.1) is 0 Å². The molecule has 0 atom stereocenters. The number of hydrogen-bond donors (Lipinski definition) is 0. The van der Waals surface area contributed by atoms with E-state index in [0.717, 1.165) is 34.2 Å².